The zero-order valence-electron chi connectivity index (χ0n) is 26.4. The van der Waals surface area contributed by atoms with Gasteiger partial charge in [0.25, 0.3) is 0 Å². The van der Waals surface area contributed by atoms with E-state index < -0.39 is 0 Å². The number of unbranched alkanes of at least 4 members (excludes halogenated alkanes) is 3. The molecule has 0 atom stereocenters. The number of ether oxygens (including phenoxy) is 6. The molecule has 2 rings (SSSR count). The van der Waals surface area contributed by atoms with E-state index in [4.69, 9.17) is 28.4 Å². The molecule has 0 saturated heterocycles. The summed E-state index contributed by atoms with van der Waals surface area (Å²) in [6.45, 7) is 1.18. The van der Waals surface area contributed by atoms with E-state index in [1.54, 1.807) is 67.0 Å². The molecule has 238 valence electrons. The van der Waals surface area contributed by atoms with Crippen molar-refractivity contribution >= 4 is 24.0 Å². The number of hydrogen-bond acceptors (Lipinski definition) is 8. The van der Waals surface area contributed by atoms with Gasteiger partial charge in [-0.15, -0.1) is 0 Å². The topological polar surface area (TPSA) is 114 Å². The summed E-state index contributed by atoms with van der Waals surface area (Å²) in [5.74, 6) is 2.99. The Morgan fingerprint density at radius 2 is 0.864 bits per heavy atom. The van der Waals surface area contributed by atoms with Crippen molar-refractivity contribution in [3.05, 3.63) is 71.8 Å². The second-order valence-corrected chi connectivity index (χ2v) is 9.35. The van der Waals surface area contributed by atoms with Crippen LogP contribution in [0.15, 0.2) is 60.7 Å². The maximum Gasteiger partial charge on any atom is 0.243 e. The van der Waals surface area contributed by atoms with E-state index in [9.17, 15) is 9.59 Å². The normalized spacial score (nSPS) is 11.3. The molecular formula is C34H44N2O8. The summed E-state index contributed by atoms with van der Waals surface area (Å²) < 4.78 is 32.1. The number of amides is 2. The average molecular weight is 609 g/mol. The van der Waals surface area contributed by atoms with E-state index in [1.807, 2.05) is 36.4 Å². The van der Waals surface area contributed by atoms with Gasteiger partial charge in [0, 0.05) is 25.2 Å². The number of hydrogen-bond donors (Lipinski definition) is 2. The zero-order chi connectivity index (χ0) is 32.2. The van der Waals surface area contributed by atoms with Crippen LogP contribution in [0.5, 0.6) is 34.5 Å². The summed E-state index contributed by atoms with van der Waals surface area (Å²) in [5, 5.41) is 5.76. The van der Waals surface area contributed by atoms with Gasteiger partial charge in [0.15, 0.2) is 23.0 Å². The van der Waals surface area contributed by atoms with Crippen LogP contribution in [-0.2, 0) is 9.59 Å². The Labute approximate surface area is 260 Å². The highest BCUT2D eigenvalue weighted by Gasteiger charge is 2.13. The third kappa shape index (κ3) is 11.8. The van der Waals surface area contributed by atoms with Gasteiger partial charge in [0.05, 0.1) is 42.7 Å². The molecule has 0 aliphatic rings. The number of nitrogens with one attached hydrogen (secondary N) is 2. The van der Waals surface area contributed by atoms with E-state index in [0.717, 1.165) is 36.8 Å². The highest BCUT2D eigenvalue weighted by Crippen LogP contribution is 2.39. The SMILES string of the molecule is COc1cc(/C=C/C=C/C(=O)NCCCCCCNC(=O)/C=C/C=C/c2cc(OC)c(OC)c(OC)c2)cc(OC)c1OC. The minimum absolute atomic E-state index is 0.155. The van der Waals surface area contributed by atoms with Gasteiger partial charge < -0.3 is 39.1 Å². The third-order valence-electron chi connectivity index (χ3n) is 6.37. The number of rotatable bonds is 19. The molecule has 0 spiro atoms. The van der Waals surface area contributed by atoms with Gasteiger partial charge in [0.1, 0.15) is 0 Å². The Morgan fingerprint density at radius 3 is 1.16 bits per heavy atom. The van der Waals surface area contributed by atoms with Gasteiger partial charge in [-0.25, -0.2) is 0 Å². The van der Waals surface area contributed by atoms with Gasteiger partial charge in [0.2, 0.25) is 23.3 Å². The van der Waals surface area contributed by atoms with Crippen molar-refractivity contribution in [2.75, 3.05) is 55.7 Å². The quantitative estimate of drug-likeness (QED) is 0.124. The Balaban J connectivity index is 1.61. The molecule has 2 N–H and O–H groups in total. The predicted molar refractivity (Wildman–Crippen MR) is 173 cm³/mol. The molecule has 0 unspecified atom stereocenters. The molecule has 0 saturated carbocycles. The van der Waals surface area contributed by atoms with Gasteiger partial charge >= 0.3 is 0 Å². The molecule has 10 heteroatoms. The molecule has 0 bridgehead atoms. The van der Waals surface area contributed by atoms with Crippen LogP contribution in [0.25, 0.3) is 12.2 Å². The molecule has 0 radical (unpaired) electrons. The number of benzene rings is 2. The second-order valence-electron chi connectivity index (χ2n) is 9.35. The summed E-state index contributed by atoms with van der Waals surface area (Å²) in [7, 11) is 9.36. The maximum atomic E-state index is 12.1. The maximum absolute atomic E-state index is 12.1. The van der Waals surface area contributed by atoms with Crippen molar-refractivity contribution in [3.63, 3.8) is 0 Å². The van der Waals surface area contributed by atoms with Crippen LogP contribution in [0.4, 0.5) is 0 Å². The zero-order valence-corrected chi connectivity index (χ0v) is 26.4. The molecule has 10 nitrogen and oxygen atoms in total. The minimum Gasteiger partial charge on any atom is -0.493 e. The average Bonchev–Trinajstić information content (AvgIpc) is 3.04. The first-order chi connectivity index (χ1) is 21.4. The first kappa shape index (κ1) is 35.3. The number of allylic oxidation sites excluding steroid dienone is 4. The number of carbonyl (C=O) groups excluding carboxylic acids is 2. The monoisotopic (exact) mass is 608 g/mol. The summed E-state index contributed by atoms with van der Waals surface area (Å²) in [6.07, 6.45) is 17.2. The molecule has 2 amide bonds. The van der Waals surface area contributed by atoms with Crippen LogP contribution >= 0.6 is 0 Å². The lowest BCUT2D eigenvalue weighted by Crippen LogP contribution is -2.23. The number of carbonyl (C=O) groups is 2. The van der Waals surface area contributed by atoms with E-state index in [0.29, 0.717) is 47.6 Å². The van der Waals surface area contributed by atoms with Crippen LogP contribution in [0.1, 0.15) is 36.8 Å². The Morgan fingerprint density at radius 1 is 0.523 bits per heavy atom. The molecule has 0 aromatic heterocycles. The van der Waals surface area contributed by atoms with Crippen LogP contribution in [0, 0.1) is 0 Å². The highest BCUT2D eigenvalue weighted by atomic mass is 16.5. The van der Waals surface area contributed by atoms with Gasteiger partial charge in [-0.3, -0.25) is 9.59 Å². The summed E-state index contributed by atoms with van der Waals surface area (Å²) >= 11 is 0. The lowest BCUT2D eigenvalue weighted by Gasteiger charge is -2.12. The Hall–Kier alpha value is -4.86. The Bertz CT molecular complexity index is 1180. The van der Waals surface area contributed by atoms with Crippen molar-refractivity contribution in [1.29, 1.82) is 0 Å². The fourth-order valence-electron chi connectivity index (χ4n) is 4.16. The predicted octanol–water partition coefficient (Wildman–Crippen LogP) is 5.37. The van der Waals surface area contributed by atoms with Crippen molar-refractivity contribution < 1.29 is 38.0 Å². The first-order valence-corrected chi connectivity index (χ1v) is 14.3. The molecule has 44 heavy (non-hydrogen) atoms. The molecule has 0 aliphatic heterocycles. The molecule has 0 heterocycles. The van der Waals surface area contributed by atoms with Crippen molar-refractivity contribution in [2.45, 2.75) is 25.7 Å². The smallest absolute Gasteiger partial charge is 0.243 e. The summed E-state index contributed by atoms with van der Waals surface area (Å²) in [4.78, 5) is 24.1. The third-order valence-corrected chi connectivity index (χ3v) is 6.37. The van der Waals surface area contributed by atoms with Gasteiger partial charge in [-0.1, -0.05) is 49.3 Å². The van der Waals surface area contributed by atoms with E-state index >= 15 is 0 Å². The molecule has 2 aromatic carbocycles. The minimum atomic E-state index is -0.155. The van der Waals surface area contributed by atoms with Crippen LogP contribution < -0.4 is 39.1 Å². The van der Waals surface area contributed by atoms with E-state index in [2.05, 4.69) is 10.6 Å². The largest absolute Gasteiger partial charge is 0.493 e. The lowest BCUT2D eigenvalue weighted by atomic mass is 10.1. The van der Waals surface area contributed by atoms with Crippen molar-refractivity contribution in [2.24, 2.45) is 0 Å². The Kier molecular flexibility index (Phi) is 16.2. The molecule has 0 aliphatic carbocycles. The standard InChI is InChI=1S/C34H44N2O8/c1-39-27-21-25(22-28(40-2)33(27)43-5)15-9-11-17-31(37)35-19-13-7-8-14-20-36-32(38)18-12-10-16-26-23-29(41-3)34(44-6)30(24-26)42-4/h9-12,15-18,21-24H,7-8,13-14,19-20H2,1-6H3,(H,35,37)(H,36,38)/b15-9+,16-10+,17-11+,18-12+. The summed E-state index contributed by atoms with van der Waals surface area (Å²) in [6, 6.07) is 7.30. The lowest BCUT2D eigenvalue weighted by molar-refractivity contribution is -0.117. The first-order valence-electron chi connectivity index (χ1n) is 14.3. The fourth-order valence-corrected chi connectivity index (χ4v) is 4.16. The van der Waals surface area contributed by atoms with E-state index in [-0.39, 0.29) is 11.8 Å². The summed E-state index contributed by atoms with van der Waals surface area (Å²) in [5.41, 5.74) is 1.70. The van der Waals surface area contributed by atoms with Crippen LogP contribution in [0.3, 0.4) is 0 Å². The fraction of sp³-hybridized carbons (Fsp3) is 0.353. The van der Waals surface area contributed by atoms with Gasteiger partial charge in [-0.05, 0) is 48.2 Å². The van der Waals surface area contributed by atoms with Gasteiger partial charge in [-0.2, -0.15) is 0 Å². The van der Waals surface area contributed by atoms with Crippen molar-refractivity contribution in [3.8, 4) is 34.5 Å². The molecule has 2 aromatic rings. The van der Waals surface area contributed by atoms with Crippen LogP contribution in [-0.4, -0.2) is 67.6 Å². The molecular weight excluding hydrogens is 564 g/mol. The van der Waals surface area contributed by atoms with Crippen LogP contribution in [0.2, 0.25) is 0 Å². The molecule has 0 fully saturated rings. The highest BCUT2D eigenvalue weighted by molar-refractivity contribution is 5.88. The van der Waals surface area contributed by atoms with E-state index in [1.165, 1.54) is 12.2 Å². The van der Waals surface area contributed by atoms with Crippen molar-refractivity contribution in [1.82, 2.24) is 10.6 Å². The number of methoxy groups -OCH3 is 6. The second kappa shape index (κ2) is 20.1.